The zero-order valence-electron chi connectivity index (χ0n) is 13.9. The minimum Gasteiger partial charge on any atom is -0.393 e. The Labute approximate surface area is 127 Å². The lowest BCUT2D eigenvalue weighted by atomic mass is 9.78. The molecule has 2 nitrogen and oxygen atoms in total. The van der Waals surface area contributed by atoms with Crippen molar-refractivity contribution in [2.75, 3.05) is 0 Å². The van der Waals surface area contributed by atoms with Crippen molar-refractivity contribution in [3.05, 3.63) is 0 Å². The Morgan fingerprint density at radius 3 is 1.85 bits per heavy atom. The molecule has 0 aliphatic heterocycles. The van der Waals surface area contributed by atoms with Crippen molar-refractivity contribution in [2.45, 2.75) is 81.3 Å². The van der Waals surface area contributed by atoms with Gasteiger partial charge in [0.25, 0.3) is 0 Å². The number of rotatable bonds is 9. The molecule has 0 heterocycles. The smallest absolute Gasteiger partial charge is 0.138 e. The standard InChI is InChI=1S/C17H34O2.CH4/c1-8-13(6)16(12(4)5)9-15(18)10-17(19)14(7)11(2)3;/h11-16,18H,8-10H2,1-7H3;1H4. The molecule has 0 amide bonds. The molecule has 0 aromatic carbocycles. The lowest BCUT2D eigenvalue weighted by molar-refractivity contribution is -0.125. The maximum atomic E-state index is 12.0. The Morgan fingerprint density at radius 1 is 1.00 bits per heavy atom. The van der Waals surface area contributed by atoms with Crippen LogP contribution >= 0.6 is 0 Å². The highest BCUT2D eigenvalue weighted by Crippen LogP contribution is 2.29. The molecule has 20 heavy (non-hydrogen) atoms. The topological polar surface area (TPSA) is 37.3 Å². The molecule has 0 aromatic heterocycles. The zero-order valence-corrected chi connectivity index (χ0v) is 13.9. The summed E-state index contributed by atoms with van der Waals surface area (Å²) in [5, 5.41) is 10.2. The number of ketones is 1. The summed E-state index contributed by atoms with van der Waals surface area (Å²) in [6.07, 6.45) is 1.73. The van der Waals surface area contributed by atoms with E-state index in [0.29, 0.717) is 30.1 Å². The van der Waals surface area contributed by atoms with E-state index in [0.717, 1.165) is 12.8 Å². The summed E-state index contributed by atoms with van der Waals surface area (Å²) in [4.78, 5) is 12.0. The highest BCUT2D eigenvalue weighted by molar-refractivity contribution is 5.81. The third kappa shape index (κ3) is 7.42. The number of carbonyl (C=O) groups excluding carboxylic acids is 1. The van der Waals surface area contributed by atoms with Crippen LogP contribution in [0.1, 0.15) is 75.2 Å². The second-order valence-corrected chi connectivity index (χ2v) is 6.89. The van der Waals surface area contributed by atoms with Crippen LogP contribution in [0.2, 0.25) is 0 Å². The first-order valence-electron chi connectivity index (χ1n) is 7.91. The van der Waals surface area contributed by atoms with Crippen LogP contribution in [0.3, 0.4) is 0 Å². The highest BCUT2D eigenvalue weighted by atomic mass is 16.3. The van der Waals surface area contributed by atoms with Crippen molar-refractivity contribution in [2.24, 2.45) is 29.6 Å². The predicted octanol–water partition coefficient (Wildman–Crippen LogP) is 4.94. The Balaban J connectivity index is 0. The summed E-state index contributed by atoms with van der Waals surface area (Å²) in [5.74, 6) is 2.27. The molecule has 0 spiro atoms. The van der Waals surface area contributed by atoms with E-state index in [1.165, 1.54) is 0 Å². The minimum atomic E-state index is -0.477. The average Bonchev–Trinajstić information content (AvgIpc) is 2.33. The molecule has 0 saturated carbocycles. The molecule has 0 aliphatic rings. The highest BCUT2D eigenvalue weighted by Gasteiger charge is 2.25. The summed E-state index contributed by atoms with van der Waals surface area (Å²) >= 11 is 0. The van der Waals surface area contributed by atoms with E-state index in [1.807, 2.05) is 6.92 Å². The van der Waals surface area contributed by atoms with Crippen molar-refractivity contribution in [3.63, 3.8) is 0 Å². The molecule has 0 saturated heterocycles. The number of aliphatic hydroxyl groups is 1. The number of carbonyl (C=O) groups is 1. The monoisotopic (exact) mass is 286 g/mol. The molecular weight excluding hydrogens is 248 g/mol. The van der Waals surface area contributed by atoms with Gasteiger partial charge in [-0.05, 0) is 30.1 Å². The molecule has 4 atom stereocenters. The lowest BCUT2D eigenvalue weighted by Crippen LogP contribution is -2.27. The van der Waals surface area contributed by atoms with Gasteiger partial charge in [0, 0.05) is 12.3 Å². The molecule has 0 radical (unpaired) electrons. The van der Waals surface area contributed by atoms with Crippen molar-refractivity contribution in [1.82, 2.24) is 0 Å². The predicted molar refractivity (Wildman–Crippen MR) is 88.8 cm³/mol. The third-order valence-electron chi connectivity index (χ3n) is 4.72. The van der Waals surface area contributed by atoms with Gasteiger partial charge in [0.15, 0.2) is 0 Å². The van der Waals surface area contributed by atoms with Gasteiger partial charge in [0.2, 0.25) is 0 Å². The van der Waals surface area contributed by atoms with Crippen LogP contribution < -0.4 is 0 Å². The van der Waals surface area contributed by atoms with Gasteiger partial charge in [-0.1, -0.05) is 62.3 Å². The van der Waals surface area contributed by atoms with E-state index in [2.05, 4.69) is 41.5 Å². The summed E-state index contributed by atoms with van der Waals surface area (Å²) in [6.45, 7) is 14.9. The van der Waals surface area contributed by atoms with E-state index in [4.69, 9.17) is 0 Å². The number of aliphatic hydroxyl groups excluding tert-OH is 1. The van der Waals surface area contributed by atoms with Gasteiger partial charge in [0.1, 0.15) is 5.78 Å². The maximum absolute atomic E-state index is 12.0. The lowest BCUT2D eigenvalue weighted by Gasteiger charge is -2.29. The van der Waals surface area contributed by atoms with Gasteiger partial charge in [0.05, 0.1) is 6.10 Å². The van der Waals surface area contributed by atoms with Crippen LogP contribution in [0.4, 0.5) is 0 Å². The molecule has 122 valence electrons. The number of Topliss-reactive ketones (excluding diaryl/α,β-unsaturated/α-hetero) is 1. The van der Waals surface area contributed by atoms with E-state index in [-0.39, 0.29) is 19.1 Å². The summed E-state index contributed by atoms with van der Waals surface area (Å²) < 4.78 is 0. The average molecular weight is 286 g/mol. The Hall–Kier alpha value is -0.370. The van der Waals surface area contributed by atoms with Gasteiger partial charge in [-0.3, -0.25) is 4.79 Å². The molecule has 4 unspecified atom stereocenters. The zero-order chi connectivity index (χ0) is 15.2. The summed E-state index contributed by atoms with van der Waals surface area (Å²) in [5.41, 5.74) is 0. The van der Waals surface area contributed by atoms with Crippen LogP contribution in [0.15, 0.2) is 0 Å². The van der Waals surface area contributed by atoms with E-state index < -0.39 is 6.10 Å². The normalized spacial score (nSPS) is 17.5. The van der Waals surface area contributed by atoms with Crippen molar-refractivity contribution in [3.8, 4) is 0 Å². The van der Waals surface area contributed by atoms with Crippen LogP contribution in [0.25, 0.3) is 0 Å². The Morgan fingerprint density at radius 2 is 1.50 bits per heavy atom. The first-order valence-corrected chi connectivity index (χ1v) is 7.91. The van der Waals surface area contributed by atoms with Crippen LogP contribution in [0.5, 0.6) is 0 Å². The van der Waals surface area contributed by atoms with Crippen molar-refractivity contribution >= 4 is 5.78 Å². The van der Waals surface area contributed by atoms with E-state index in [1.54, 1.807) is 0 Å². The molecule has 0 bridgehead atoms. The fourth-order valence-electron chi connectivity index (χ4n) is 2.65. The first-order chi connectivity index (χ1) is 8.70. The van der Waals surface area contributed by atoms with Crippen LogP contribution in [0, 0.1) is 29.6 Å². The second kappa shape index (κ2) is 10.4. The van der Waals surface area contributed by atoms with E-state index >= 15 is 0 Å². The van der Waals surface area contributed by atoms with Gasteiger partial charge in [-0.15, -0.1) is 0 Å². The van der Waals surface area contributed by atoms with E-state index in [9.17, 15) is 9.90 Å². The largest absolute Gasteiger partial charge is 0.393 e. The van der Waals surface area contributed by atoms with Gasteiger partial charge < -0.3 is 5.11 Å². The van der Waals surface area contributed by atoms with Crippen molar-refractivity contribution in [1.29, 1.82) is 0 Å². The van der Waals surface area contributed by atoms with Crippen molar-refractivity contribution < 1.29 is 9.90 Å². The summed E-state index contributed by atoms with van der Waals surface area (Å²) in [7, 11) is 0. The molecule has 2 heteroatoms. The fourth-order valence-corrected chi connectivity index (χ4v) is 2.65. The van der Waals surface area contributed by atoms with Crippen LogP contribution in [-0.4, -0.2) is 17.0 Å². The molecule has 1 N–H and O–H groups in total. The fraction of sp³-hybridized carbons (Fsp3) is 0.944. The SMILES string of the molecule is C.CCC(C)C(CC(O)CC(=O)C(C)C(C)C)C(C)C. The minimum absolute atomic E-state index is 0. The van der Waals surface area contributed by atoms with Gasteiger partial charge in [-0.25, -0.2) is 0 Å². The quantitative estimate of drug-likeness (QED) is 0.651. The Bertz CT molecular complexity index is 258. The van der Waals surface area contributed by atoms with Crippen LogP contribution in [-0.2, 0) is 4.79 Å². The molecule has 0 aliphatic carbocycles. The van der Waals surface area contributed by atoms with Gasteiger partial charge in [-0.2, -0.15) is 0 Å². The maximum Gasteiger partial charge on any atom is 0.138 e. The molecule has 0 aromatic rings. The number of hydrogen-bond donors (Lipinski definition) is 1. The summed E-state index contributed by atoms with van der Waals surface area (Å²) in [6, 6.07) is 0. The number of hydrogen-bond acceptors (Lipinski definition) is 2. The molecule has 0 fully saturated rings. The van der Waals surface area contributed by atoms with Gasteiger partial charge >= 0.3 is 0 Å². The second-order valence-electron chi connectivity index (χ2n) is 6.89. The molecule has 0 rings (SSSR count). The first kappa shape index (κ1) is 21.9. The third-order valence-corrected chi connectivity index (χ3v) is 4.72. The molecular formula is C18H38O2. The Kier molecular flexibility index (Phi) is 11.4.